The molecule has 0 aliphatic carbocycles. The molecule has 3 N–H and O–H groups in total. The number of halogens is 1. The zero-order valence-electron chi connectivity index (χ0n) is 17.8. The molecule has 0 aliphatic heterocycles. The second-order valence-corrected chi connectivity index (χ2v) is 7.85. The van der Waals surface area contributed by atoms with Crippen LogP contribution < -0.4 is 20.5 Å². The van der Waals surface area contributed by atoms with Gasteiger partial charge in [0.1, 0.15) is 12.3 Å². The molecule has 32 heavy (non-hydrogen) atoms. The number of thiazole rings is 1. The van der Waals surface area contributed by atoms with Gasteiger partial charge < -0.3 is 24.9 Å². The van der Waals surface area contributed by atoms with E-state index in [4.69, 9.17) is 19.6 Å². The number of nitrogens with two attached hydrogens (primary N) is 1. The fraction of sp³-hybridized carbons (Fsp3) is 0.217. The van der Waals surface area contributed by atoms with E-state index in [1.165, 1.54) is 0 Å². The lowest BCUT2D eigenvalue weighted by Gasteiger charge is -2.10. The van der Waals surface area contributed by atoms with Crippen LogP contribution in [-0.4, -0.2) is 31.7 Å². The van der Waals surface area contributed by atoms with E-state index in [2.05, 4.69) is 21.4 Å². The quantitative estimate of drug-likeness (QED) is 0.181. The van der Waals surface area contributed by atoms with E-state index >= 15 is 0 Å². The summed E-state index contributed by atoms with van der Waals surface area (Å²) in [5.41, 5.74) is 8.09. The van der Waals surface area contributed by atoms with Crippen molar-refractivity contribution < 1.29 is 13.9 Å². The SMILES string of the molecule is COc1ccc(CCNC(N)=NCc2ccc(-c3nc4ccccc4s3)o2)cc1OC.I. The second-order valence-electron chi connectivity index (χ2n) is 6.82. The number of nitrogens with one attached hydrogen (secondary N) is 1. The Hall–Kier alpha value is -2.79. The van der Waals surface area contributed by atoms with E-state index < -0.39 is 0 Å². The first-order valence-electron chi connectivity index (χ1n) is 9.85. The molecule has 0 unspecified atom stereocenters. The van der Waals surface area contributed by atoms with Crippen LogP contribution >= 0.6 is 35.3 Å². The van der Waals surface area contributed by atoms with Crippen LogP contribution in [0.25, 0.3) is 21.0 Å². The molecular weight excluding hydrogens is 539 g/mol. The summed E-state index contributed by atoms with van der Waals surface area (Å²) in [4.78, 5) is 8.98. The number of ether oxygens (including phenoxy) is 2. The number of para-hydroxylation sites is 1. The highest BCUT2D eigenvalue weighted by Crippen LogP contribution is 2.31. The van der Waals surface area contributed by atoms with E-state index in [0.29, 0.717) is 30.5 Å². The molecule has 0 saturated carbocycles. The molecular formula is C23H25IN4O3S. The monoisotopic (exact) mass is 564 g/mol. The summed E-state index contributed by atoms with van der Waals surface area (Å²) < 4.78 is 17.6. The van der Waals surface area contributed by atoms with Crippen molar-refractivity contribution in [3.63, 3.8) is 0 Å². The summed E-state index contributed by atoms with van der Waals surface area (Å²) in [6.45, 7) is 1.01. The Kier molecular flexibility index (Phi) is 8.34. The first-order chi connectivity index (χ1) is 15.2. The van der Waals surface area contributed by atoms with Crippen LogP contribution in [0.3, 0.4) is 0 Å². The molecule has 4 rings (SSSR count). The van der Waals surface area contributed by atoms with Gasteiger partial charge in [0.05, 0.1) is 24.4 Å². The van der Waals surface area contributed by atoms with Crippen LogP contribution in [0.2, 0.25) is 0 Å². The third-order valence-corrected chi connectivity index (χ3v) is 5.79. The first kappa shape index (κ1) is 23.9. The number of aliphatic imine (C=N–C) groups is 1. The van der Waals surface area contributed by atoms with Crippen molar-refractivity contribution in [3.8, 4) is 22.3 Å². The zero-order valence-corrected chi connectivity index (χ0v) is 21.0. The fourth-order valence-corrected chi connectivity index (χ4v) is 4.07. The van der Waals surface area contributed by atoms with Gasteiger partial charge in [-0.15, -0.1) is 35.3 Å². The number of hydrogen-bond donors (Lipinski definition) is 2. The van der Waals surface area contributed by atoms with E-state index in [-0.39, 0.29) is 24.0 Å². The maximum atomic E-state index is 6.00. The minimum atomic E-state index is 0. The summed E-state index contributed by atoms with van der Waals surface area (Å²) in [6, 6.07) is 17.7. The van der Waals surface area contributed by atoms with Gasteiger partial charge >= 0.3 is 0 Å². The van der Waals surface area contributed by atoms with Gasteiger partial charge in [-0.05, 0) is 48.4 Å². The third-order valence-electron chi connectivity index (χ3n) is 4.74. The van der Waals surface area contributed by atoms with Gasteiger partial charge in [-0.2, -0.15) is 0 Å². The zero-order chi connectivity index (χ0) is 21.6. The van der Waals surface area contributed by atoms with Gasteiger partial charge in [-0.25, -0.2) is 9.98 Å². The maximum Gasteiger partial charge on any atom is 0.189 e. The van der Waals surface area contributed by atoms with Crippen molar-refractivity contribution in [3.05, 3.63) is 65.9 Å². The van der Waals surface area contributed by atoms with Crippen LogP contribution in [0.15, 0.2) is 64.0 Å². The molecule has 9 heteroatoms. The van der Waals surface area contributed by atoms with Crippen LogP contribution in [0, 0.1) is 0 Å². The Bertz CT molecular complexity index is 1170. The number of fused-ring (bicyclic) bond motifs is 1. The smallest absolute Gasteiger partial charge is 0.189 e. The number of rotatable bonds is 8. The highest BCUT2D eigenvalue weighted by atomic mass is 127. The molecule has 0 saturated heterocycles. The standard InChI is InChI=1S/C23H24N4O3S.HI/c1-28-18-9-7-15(13-20(18)29-2)11-12-25-23(24)26-14-16-8-10-19(30-16)22-27-17-5-3-4-6-21(17)31-22;/h3-10,13H,11-12,14H2,1-2H3,(H3,24,25,26);1H. The minimum Gasteiger partial charge on any atom is -0.493 e. The third kappa shape index (κ3) is 5.71. The van der Waals surface area contributed by atoms with Crippen molar-refractivity contribution >= 4 is 51.5 Å². The predicted molar refractivity (Wildman–Crippen MR) is 139 cm³/mol. The summed E-state index contributed by atoms with van der Waals surface area (Å²) in [6.07, 6.45) is 0.777. The van der Waals surface area contributed by atoms with E-state index in [1.807, 2.05) is 48.5 Å². The molecule has 2 aromatic carbocycles. The minimum absolute atomic E-state index is 0. The van der Waals surface area contributed by atoms with Crippen LogP contribution in [-0.2, 0) is 13.0 Å². The lowest BCUT2D eigenvalue weighted by Crippen LogP contribution is -2.33. The summed E-state index contributed by atoms with van der Waals surface area (Å²) in [7, 11) is 3.25. The predicted octanol–water partition coefficient (Wildman–Crippen LogP) is 4.84. The molecule has 168 valence electrons. The first-order valence-corrected chi connectivity index (χ1v) is 10.7. The van der Waals surface area contributed by atoms with Gasteiger partial charge in [0.25, 0.3) is 0 Å². The highest BCUT2D eigenvalue weighted by molar-refractivity contribution is 14.0. The number of methoxy groups -OCH3 is 2. The van der Waals surface area contributed by atoms with Crippen molar-refractivity contribution in [2.45, 2.75) is 13.0 Å². The maximum absolute atomic E-state index is 6.00. The van der Waals surface area contributed by atoms with Crippen LogP contribution in [0.5, 0.6) is 11.5 Å². The Morgan fingerprint density at radius 1 is 1.09 bits per heavy atom. The van der Waals surface area contributed by atoms with Crippen LogP contribution in [0.1, 0.15) is 11.3 Å². The van der Waals surface area contributed by atoms with Gasteiger partial charge in [0, 0.05) is 6.54 Å². The van der Waals surface area contributed by atoms with Crippen LogP contribution in [0.4, 0.5) is 0 Å². The Balaban J connectivity index is 0.00000289. The Morgan fingerprint density at radius 3 is 2.69 bits per heavy atom. The average molecular weight is 564 g/mol. The number of guanidine groups is 1. The van der Waals surface area contributed by atoms with Gasteiger partial charge in [-0.3, -0.25) is 0 Å². The van der Waals surface area contributed by atoms with Crippen molar-refractivity contribution in [2.24, 2.45) is 10.7 Å². The van der Waals surface area contributed by atoms with Crippen molar-refractivity contribution in [2.75, 3.05) is 20.8 Å². The summed E-state index contributed by atoms with van der Waals surface area (Å²) in [5.74, 6) is 3.27. The van der Waals surface area contributed by atoms with E-state index in [9.17, 15) is 0 Å². The number of aromatic nitrogens is 1. The highest BCUT2D eigenvalue weighted by Gasteiger charge is 2.10. The number of benzene rings is 2. The number of hydrogen-bond acceptors (Lipinski definition) is 6. The number of furan rings is 1. The molecule has 0 spiro atoms. The molecule has 0 bridgehead atoms. The lowest BCUT2D eigenvalue weighted by molar-refractivity contribution is 0.354. The summed E-state index contributed by atoms with van der Waals surface area (Å²) in [5, 5.41) is 3.99. The lowest BCUT2D eigenvalue weighted by atomic mass is 10.1. The van der Waals surface area contributed by atoms with Gasteiger partial charge in [0.15, 0.2) is 28.2 Å². The van der Waals surface area contributed by atoms with E-state index in [0.717, 1.165) is 38.7 Å². The van der Waals surface area contributed by atoms with E-state index in [1.54, 1.807) is 25.6 Å². The summed E-state index contributed by atoms with van der Waals surface area (Å²) >= 11 is 1.61. The normalized spacial score (nSPS) is 11.2. The Labute approximate surface area is 207 Å². The molecule has 0 amide bonds. The molecule has 2 heterocycles. The van der Waals surface area contributed by atoms with Crippen molar-refractivity contribution in [1.29, 1.82) is 0 Å². The second kappa shape index (κ2) is 11.2. The van der Waals surface area contributed by atoms with Crippen molar-refractivity contribution in [1.82, 2.24) is 10.3 Å². The molecule has 0 aliphatic rings. The number of nitrogens with zero attached hydrogens (tertiary/aromatic N) is 2. The van der Waals surface area contributed by atoms with Gasteiger partial charge in [0.2, 0.25) is 0 Å². The molecule has 4 aromatic rings. The molecule has 0 radical (unpaired) electrons. The largest absolute Gasteiger partial charge is 0.493 e. The average Bonchev–Trinajstić information content (AvgIpc) is 3.44. The Morgan fingerprint density at radius 2 is 1.91 bits per heavy atom. The van der Waals surface area contributed by atoms with Gasteiger partial charge in [-0.1, -0.05) is 18.2 Å². The molecule has 0 fully saturated rings. The fourth-order valence-electron chi connectivity index (χ4n) is 3.15. The molecule has 0 atom stereocenters. The topological polar surface area (TPSA) is 94.9 Å². The molecule has 2 aromatic heterocycles. The molecule has 7 nitrogen and oxygen atoms in total.